The number of benzene rings is 2. The first-order chi connectivity index (χ1) is 25.7. The highest BCUT2D eigenvalue weighted by Crippen LogP contribution is 2.37. The van der Waals surface area contributed by atoms with Gasteiger partial charge in [-0.05, 0) is 55.0 Å². The molecule has 16 nitrogen and oxygen atoms in total. The lowest BCUT2D eigenvalue weighted by atomic mass is 9.87. The van der Waals surface area contributed by atoms with Crippen molar-refractivity contribution >= 4 is 58.7 Å². The number of carbonyl (C=O) groups excluding carboxylic acids is 4. The fourth-order valence-corrected chi connectivity index (χ4v) is 7.18. The van der Waals surface area contributed by atoms with Crippen LogP contribution in [0.25, 0.3) is 0 Å². The number of hydrogen-bond acceptors (Lipinski definition) is 9. The van der Waals surface area contributed by atoms with E-state index in [9.17, 15) is 48.6 Å². The van der Waals surface area contributed by atoms with Gasteiger partial charge in [-0.25, -0.2) is 28.3 Å². The number of esters is 1. The maximum Gasteiger partial charge on any atom is 0.348 e. The van der Waals surface area contributed by atoms with Gasteiger partial charge in [-0.2, -0.15) is 0 Å². The van der Waals surface area contributed by atoms with Crippen LogP contribution in [0.15, 0.2) is 69.8 Å². The maximum atomic E-state index is 14.1. The van der Waals surface area contributed by atoms with Crippen LogP contribution in [0.5, 0.6) is 0 Å². The van der Waals surface area contributed by atoms with Crippen molar-refractivity contribution in [2.75, 3.05) is 6.61 Å². The zero-order chi connectivity index (χ0) is 39.1. The zero-order valence-corrected chi connectivity index (χ0v) is 30.3. The Balaban J connectivity index is 1.41. The summed E-state index contributed by atoms with van der Waals surface area (Å²) in [6.45, 7) is -1.36. The van der Waals surface area contributed by atoms with Crippen LogP contribution in [0.3, 0.4) is 0 Å². The van der Waals surface area contributed by atoms with Gasteiger partial charge in [0.2, 0.25) is 11.8 Å². The molecule has 54 heavy (non-hydrogen) atoms. The molecule has 4 atom stereocenters. The maximum absolute atomic E-state index is 14.1. The molecule has 2 amide bonds. The van der Waals surface area contributed by atoms with E-state index in [-0.39, 0.29) is 34.9 Å². The fourth-order valence-electron chi connectivity index (χ4n) is 6.63. The minimum Gasteiger partial charge on any atom is -0.481 e. The Bertz CT molecular complexity index is 2090. The minimum atomic E-state index is -1.72. The topological polar surface area (TPSA) is 225 Å². The van der Waals surface area contributed by atoms with Crippen molar-refractivity contribution < 1.29 is 43.7 Å². The Hall–Kier alpha value is -5.48. The molecular formula is C36H37Cl2N5O11. The van der Waals surface area contributed by atoms with Crippen molar-refractivity contribution in [2.24, 2.45) is 0 Å². The number of ketones is 1. The average Bonchev–Trinajstić information content (AvgIpc) is 3.37. The van der Waals surface area contributed by atoms with E-state index in [1.807, 2.05) is 0 Å². The zero-order valence-electron chi connectivity index (χ0n) is 28.7. The largest absolute Gasteiger partial charge is 0.481 e. The Kier molecular flexibility index (Phi) is 12.9. The normalized spacial score (nSPS) is 17.2. The van der Waals surface area contributed by atoms with Crippen molar-refractivity contribution in [3.8, 4) is 0 Å². The molecule has 1 saturated carbocycles. The van der Waals surface area contributed by atoms with Gasteiger partial charge in [0.05, 0.1) is 41.0 Å². The van der Waals surface area contributed by atoms with Crippen molar-refractivity contribution in [3.63, 3.8) is 0 Å². The third-order valence-electron chi connectivity index (χ3n) is 9.18. The summed E-state index contributed by atoms with van der Waals surface area (Å²) < 4.78 is 7.97. The molecule has 286 valence electrons. The molecule has 4 N–H and O–H groups in total. The van der Waals surface area contributed by atoms with Gasteiger partial charge in [-0.3, -0.25) is 24.0 Å². The summed E-state index contributed by atoms with van der Waals surface area (Å²) >= 11 is 12.1. The number of aliphatic carboxylic acids is 2. The second-order valence-electron chi connectivity index (χ2n) is 13.0. The van der Waals surface area contributed by atoms with Gasteiger partial charge in [-0.15, -0.1) is 0 Å². The van der Waals surface area contributed by atoms with Crippen molar-refractivity contribution in [2.45, 2.75) is 82.1 Å². The number of halogens is 2. The standard InChI is InChI=1S/C36H37Cl2N5O11/c37-23-10-6-11-24(38)32(23)34(51)54-19-28(44)25(17-31(48)49)40-33(50)27-16-21-9-4-5-12-26(21)42-35(52)41(36(53)43(27)42)18-22(13-14-30(46)47)39-29(45)15-20-7-2-1-3-8-20/h1-3,6-8,10-11,16,22,25-27H,4-5,9,12-15,17-19H2,(H,39,45)(H,40,50)(H,46,47)(H,48,49). The number of nitrogens with one attached hydrogen (secondary N) is 2. The predicted octanol–water partition coefficient (Wildman–Crippen LogP) is 2.69. The van der Waals surface area contributed by atoms with Crippen LogP contribution in [0, 0.1) is 0 Å². The third kappa shape index (κ3) is 9.35. The summed E-state index contributed by atoms with van der Waals surface area (Å²) in [6.07, 6.45) is 2.50. The summed E-state index contributed by atoms with van der Waals surface area (Å²) in [4.78, 5) is 104. The van der Waals surface area contributed by atoms with E-state index in [1.54, 1.807) is 30.3 Å². The van der Waals surface area contributed by atoms with E-state index in [1.165, 1.54) is 24.3 Å². The van der Waals surface area contributed by atoms with Gasteiger partial charge in [-0.1, -0.05) is 66.0 Å². The summed E-state index contributed by atoms with van der Waals surface area (Å²) in [5, 5.41) is 23.9. The van der Waals surface area contributed by atoms with Crippen LogP contribution in [-0.2, 0) is 41.7 Å². The fraction of sp³-hybridized carbons (Fsp3) is 0.389. The molecule has 1 aliphatic carbocycles. The lowest BCUT2D eigenvalue weighted by Crippen LogP contribution is -2.50. The lowest BCUT2D eigenvalue weighted by Gasteiger charge is -2.34. The molecule has 3 aromatic rings. The van der Waals surface area contributed by atoms with Crippen molar-refractivity contribution in [1.82, 2.24) is 24.6 Å². The molecule has 0 saturated heterocycles. The van der Waals surface area contributed by atoms with Gasteiger partial charge in [0.25, 0.3) is 0 Å². The number of carboxylic acid groups (broad SMARTS) is 2. The summed E-state index contributed by atoms with van der Waals surface area (Å²) in [7, 11) is 0. The lowest BCUT2D eigenvalue weighted by molar-refractivity contribution is -0.141. The van der Waals surface area contributed by atoms with Crippen LogP contribution in [0.2, 0.25) is 10.0 Å². The predicted molar refractivity (Wildman–Crippen MR) is 192 cm³/mol. The molecular weight excluding hydrogens is 749 g/mol. The molecule has 0 spiro atoms. The highest BCUT2D eigenvalue weighted by molar-refractivity contribution is 6.39. The molecule has 18 heteroatoms. The quantitative estimate of drug-likeness (QED) is 0.122. The number of carbonyl (C=O) groups is 6. The van der Waals surface area contributed by atoms with Gasteiger partial charge in [0, 0.05) is 12.5 Å². The van der Waals surface area contributed by atoms with Gasteiger partial charge < -0.3 is 25.6 Å². The monoisotopic (exact) mass is 785 g/mol. The van der Waals surface area contributed by atoms with E-state index in [0.29, 0.717) is 24.0 Å². The Labute approximate surface area is 317 Å². The second-order valence-corrected chi connectivity index (χ2v) is 13.8. The molecule has 1 aliphatic heterocycles. The van der Waals surface area contributed by atoms with Gasteiger partial charge in [0.15, 0.2) is 18.4 Å². The number of allylic oxidation sites excluding steroid dienone is 1. The van der Waals surface area contributed by atoms with Crippen LogP contribution < -0.4 is 22.0 Å². The average molecular weight is 787 g/mol. The number of ether oxygens (including phenoxy) is 1. The summed E-state index contributed by atoms with van der Waals surface area (Å²) in [5.41, 5.74) is -0.574. The van der Waals surface area contributed by atoms with E-state index in [0.717, 1.165) is 26.8 Å². The second kappa shape index (κ2) is 17.6. The van der Waals surface area contributed by atoms with Crippen LogP contribution >= 0.6 is 23.2 Å². The van der Waals surface area contributed by atoms with E-state index >= 15 is 0 Å². The third-order valence-corrected chi connectivity index (χ3v) is 9.81. The number of carboxylic acids is 2. The Morgan fingerprint density at radius 3 is 2.22 bits per heavy atom. The number of aromatic nitrogens is 3. The number of amides is 2. The molecule has 1 aromatic heterocycles. The number of Topliss-reactive ketones (excluding diaryl/α,β-unsaturated/α-hetero) is 1. The van der Waals surface area contributed by atoms with E-state index in [2.05, 4.69) is 10.6 Å². The highest BCUT2D eigenvalue weighted by Gasteiger charge is 2.39. The van der Waals surface area contributed by atoms with Crippen LogP contribution in [-0.4, -0.2) is 78.3 Å². The molecule has 4 unspecified atom stereocenters. The first-order valence-corrected chi connectivity index (χ1v) is 17.9. The molecule has 2 aromatic carbocycles. The molecule has 0 bridgehead atoms. The van der Waals surface area contributed by atoms with Gasteiger partial charge in [0.1, 0.15) is 6.04 Å². The number of hydrogen-bond donors (Lipinski definition) is 4. The highest BCUT2D eigenvalue weighted by atomic mass is 35.5. The summed E-state index contributed by atoms with van der Waals surface area (Å²) in [6, 6.07) is 8.25. The number of fused-ring (bicyclic) bond motifs is 3. The minimum absolute atomic E-state index is 0.0364. The number of rotatable bonds is 16. The molecule has 2 aliphatic rings. The SMILES string of the molecule is O=C(O)CCC(Cn1c(=O)n2n(c1=O)C1CCCCC1=CC2C(=O)NC(CC(=O)O)C(=O)COC(=O)c1c(Cl)cccc1Cl)NC(=O)Cc1ccccc1. The smallest absolute Gasteiger partial charge is 0.348 e. The molecule has 1 fully saturated rings. The van der Waals surface area contributed by atoms with Crippen molar-refractivity contribution in [3.05, 3.63) is 102 Å². The molecule has 0 radical (unpaired) electrons. The summed E-state index contributed by atoms with van der Waals surface area (Å²) in [5.74, 6) is -6.12. The van der Waals surface area contributed by atoms with Gasteiger partial charge >= 0.3 is 29.3 Å². The van der Waals surface area contributed by atoms with Crippen LogP contribution in [0.4, 0.5) is 0 Å². The Morgan fingerprint density at radius 1 is 0.870 bits per heavy atom. The van der Waals surface area contributed by atoms with E-state index in [4.69, 9.17) is 27.9 Å². The van der Waals surface area contributed by atoms with E-state index < -0.39 is 90.6 Å². The van der Waals surface area contributed by atoms with Crippen molar-refractivity contribution in [1.29, 1.82) is 0 Å². The number of nitrogens with zero attached hydrogens (tertiary/aromatic N) is 3. The first-order valence-electron chi connectivity index (χ1n) is 17.1. The molecule has 5 rings (SSSR count). The van der Waals surface area contributed by atoms with Crippen LogP contribution in [0.1, 0.15) is 73.0 Å². The Morgan fingerprint density at radius 2 is 1.56 bits per heavy atom. The molecule has 2 heterocycles. The first kappa shape index (κ1) is 39.7.